The SMILES string of the molecule is CC=C1C(C2=CC([Si](C)(C)CCO[Si](C)(C)C)=CC2)=Cc2ccccc21. The Kier molecular flexibility index (Phi) is 5.43. The molecule has 0 aromatic heterocycles. The van der Waals surface area contributed by atoms with Crippen molar-refractivity contribution in [3.8, 4) is 0 Å². The van der Waals surface area contributed by atoms with E-state index in [0.29, 0.717) is 0 Å². The number of rotatable bonds is 6. The van der Waals surface area contributed by atoms with Crippen molar-refractivity contribution in [2.75, 3.05) is 6.61 Å². The summed E-state index contributed by atoms with van der Waals surface area (Å²) in [4.78, 5) is 0. The van der Waals surface area contributed by atoms with Crippen molar-refractivity contribution in [3.63, 3.8) is 0 Å². The Morgan fingerprint density at radius 1 is 1.04 bits per heavy atom. The first kappa shape index (κ1) is 19.3. The number of benzene rings is 1. The highest BCUT2D eigenvalue weighted by Gasteiger charge is 2.30. The van der Waals surface area contributed by atoms with E-state index < -0.39 is 16.4 Å². The summed E-state index contributed by atoms with van der Waals surface area (Å²) in [5.41, 5.74) is 7.02. The molecule has 2 aliphatic carbocycles. The summed E-state index contributed by atoms with van der Waals surface area (Å²) >= 11 is 0. The van der Waals surface area contributed by atoms with Crippen molar-refractivity contribution in [1.29, 1.82) is 0 Å². The van der Waals surface area contributed by atoms with Gasteiger partial charge in [0.05, 0.1) is 8.07 Å². The van der Waals surface area contributed by atoms with Gasteiger partial charge in [-0.25, -0.2) is 0 Å². The molecule has 0 fully saturated rings. The lowest BCUT2D eigenvalue weighted by Crippen LogP contribution is -2.33. The number of hydrogen-bond acceptors (Lipinski definition) is 1. The van der Waals surface area contributed by atoms with Gasteiger partial charge in [-0.15, -0.1) is 0 Å². The first-order chi connectivity index (χ1) is 12.2. The van der Waals surface area contributed by atoms with Gasteiger partial charge in [0, 0.05) is 6.61 Å². The zero-order valence-electron chi connectivity index (χ0n) is 17.1. The molecular weight excluding hydrogens is 348 g/mol. The molecule has 0 saturated carbocycles. The molecule has 3 rings (SSSR count). The predicted molar refractivity (Wildman–Crippen MR) is 120 cm³/mol. The van der Waals surface area contributed by atoms with Crippen molar-refractivity contribution in [2.45, 2.75) is 52.1 Å². The van der Waals surface area contributed by atoms with E-state index in [2.05, 4.69) is 88.2 Å². The molecule has 0 radical (unpaired) electrons. The van der Waals surface area contributed by atoms with Gasteiger partial charge in [-0.2, -0.15) is 0 Å². The van der Waals surface area contributed by atoms with Crippen molar-refractivity contribution < 1.29 is 4.43 Å². The van der Waals surface area contributed by atoms with Crippen LogP contribution in [-0.4, -0.2) is 23.0 Å². The Hall–Kier alpha value is -1.43. The van der Waals surface area contributed by atoms with Crippen LogP contribution in [0.2, 0.25) is 38.8 Å². The van der Waals surface area contributed by atoms with Gasteiger partial charge in [0.2, 0.25) is 0 Å². The highest BCUT2D eigenvalue weighted by molar-refractivity contribution is 6.85. The van der Waals surface area contributed by atoms with E-state index in [-0.39, 0.29) is 0 Å². The van der Waals surface area contributed by atoms with Gasteiger partial charge >= 0.3 is 0 Å². The zero-order valence-corrected chi connectivity index (χ0v) is 19.1. The smallest absolute Gasteiger partial charge is 0.183 e. The normalized spacial score (nSPS) is 18.7. The maximum atomic E-state index is 6.13. The van der Waals surface area contributed by atoms with Crippen LogP contribution in [0, 0.1) is 0 Å². The van der Waals surface area contributed by atoms with E-state index in [1.54, 1.807) is 5.20 Å². The molecule has 0 saturated heterocycles. The number of hydrogen-bond donors (Lipinski definition) is 0. The van der Waals surface area contributed by atoms with Gasteiger partial charge in [0.1, 0.15) is 0 Å². The van der Waals surface area contributed by atoms with Gasteiger partial charge in [0.25, 0.3) is 0 Å². The average molecular weight is 381 g/mol. The van der Waals surface area contributed by atoms with Gasteiger partial charge < -0.3 is 4.43 Å². The van der Waals surface area contributed by atoms with E-state index in [1.807, 2.05) is 0 Å². The molecule has 0 bridgehead atoms. The summed E-state index contributed by atoms with van der Waals surface area (Å²) in [5.74, 6) is 0. The molecule has 0 unspecified atom stereocenters. The standard InChI is InChI=1S/C23H32OSi2/c1-7-21-22-11-9-8-10-18(22)17-23(21)19-12-13-20(16-19)26(5,6)15-14-24-25(2,3)4/h7-11,13,16-17H,12,14-15H2,1-6H3. The molecule has 2 aliphatic rings. The molecule has 0 spiro atoms. The third-order valence-electron chi connectivity index (χ3n) is 5.39. The predicted octanol–water partition coefficient (Wildman–Crippen LogP) is 6.84. The van der Waals surface area contributed by atoms with E-state index in [4.69, 9.17) is 4.43 Å². The monoisotopic (exact) mass is 380 g/mol. The molecule has 1 aromatic rings. The minimum absolute atomic E-state index is 0.920. The molecule has 1 aromatic carbocycles. The van der Waals surface area contributed by atoms with Crippen LogP contribution in [0.5, 0.6) is 0 Å². The van der Waals surface area contributed by atoms with Crippen molar-refractivity contribution in [1.82, 2.24) is 0 Å². The molecule has 0 heterocycles. The Morgan fingerprint density at radius 3 is 2.46 bits per heavy atom. The van der Waals surface area contributed by atoms with E-state index in [0.717, 1.165) is 13.0 Å². The summed E-state index contributed by atoms with van der Waals surface area (Å²) in [6.45, 7) is 14.9. The topological polar surface area (TPSA) is 9.23 Å². The summed E-state index contributed by atoms with van der Waals surface area (Å²) in [6, 6.07) is 9.95. The number of fused-ring (bicyclic) bond motifs is 1. The molecular formula is C23H32OSi2. The summed E-state index contributed by atoms with van der Waals surface area (Å²) in [7, 11) is -2.85. The molecule has 0 amide bonds. The lowest BCUT2D eigenvalue weighted by atomic mass is 9.97. The van der Waals surface area contributed by atoms with Crippen LogP contribution in [0.4, 0.5) is 0 Å². The second kappa shape index (κ2) is 7.30. The van der Waals surface area contributed by atoms with Crippen LogP contribution in [0.3, 0.4) is 0 Å². The molecule has 3 heteroatoms. The Balaban J connectivity index is 1.75. The molecule has 26 heavy (non-hydrogen) atoms. The average Bonchev–Trinajstić information content (AvgIpc) is 3.18. The third-order valence-corrected chi connectivity index (χ3v) is 9.83. The second-order valence-corrected chi connectivity index (χ2v) is 18.3. The van der Waals surface area contributed by atoms with Crippen LogP contribution in [-0.2, 0) is 4.43 Å². The highest BCUT2D eigenvalue weighted by Crippen LogP contribution is 2.43. The Morgan fingerprint density at radius 2 is 1.77 bits per heavy atom. The minimum atomic E-state index is -1.44. The molecule has 0 N–H and O–H groups in total. The van der Waals surface area contributed by atoms with Crippen LogP contribution in [0.1, 0.15) is 24.5 Å². The maximum Gasteiger partial charge on any atom is 0.183 e. The quantitative estimate of drug-likeness (QED) is 0.491. The van der Waals surface area contributed by atoms with Crippen LogP contribution >= 0.6 is 0 Å². The highest BCUT2D eigenvalue weighted by atomic mass is 28.4. The van der Waals surface area contributed by atoms with Crippen LogP contribution in [0.15, 0.2) is 58.8 Å². The molecule has 0 atom stereocenters. The summed E-state index contributed by atoms with van der Waals surface area (Å²) in [6.07, 6.45) is 10.7. The van der Waals surface area contributed by atoms with E-state index in [1.165, 1.54) is 33.9 Å². The van der Waals surface area contributed by atoms with E-state index >= 15 is 0 Å². The summed E-state index contributed by atoms with van der Waals surface area (Å²) in [5, 5.41) is 1.60. The lowest BCUT2D eigenvalue weighted by molar-refractivity contribution is 0.332. The first-order valence-corrected chi connectivity index (χ1v) is 16.4. The first-order valence-electron chi connectivity index (χ1n) is 9.74. The lowest BCUT2D eigenvalue weighted by Gasteiger charge is -2.25. The van der Waals surface area contributed by atoms with Crippen molar-refractivity contribution in [2.24, 2.45) is 0 Å². The fraction of sp³-hybridized carbons (Fsp3) is 0.391. The molecule has 0 aliphatic heterocycles. The fourth-order valence-corrected chi connectivity index (χ4v) is 6.80. The Labute approximate surface area is 161 Å². The number of allylic oxidation sites excluding steroid dienone is 7. The van der Waals surface area contributed by atoms with Gasteiger partial charge in [0.15, 0.2) is 8.32 Å². The summed E-state index contributed by atoms with van der Waals surface area (Å²) < 4.78 is 6.13. The van der Waals surface area contributed by atoms with Crippen LogP contribution < -0.4 is 0 Å². The van der Waals surface area contributed by atoms with Gasteiger partial charge in [-0.05, 0) is 73.0 Å². The zero-order chi connectivity index (χ0) is 18.9. The molecule has 1 nitrogen and oxygen atoms in total. The largest absolute Gasteiger partial charge is 0.418 e. The van der Waals surface area contributed by atoms with Gasteiger partial charge in [-0.1, -0.05) is 60.8 Å². The Bertz CT molecular complexity index is 817. The second-order valence-electron chi connectivity index (χ2n) is 8.98. The maximum absolute atomic E-state index is 6.13. The minimum Gasteiger partial charge on any atom is -0.418 e. The molecule has 138 valence electrons. The van der Waals surface area contributed by atoms with Crippen molar-refractivity contribution >= 4 is 28.0 Å². The van der Waals surface area contributed by atoms with E-state index in [9.17, 15) is 0 Å². The van der Waals surface area contributed by atoms with Crippen molar-refractivity contribution in [3.05, 3.63) is 70.0 Å². The van der Waals surface area contributed by atoms with Crippen LogP contribution in [0.25, 0.3) is 11.6 Å². The third kappa shape index (κ3) is 4.11. The fourth-order valence-electron chi connectivity index (χ4n) is 3.76. The van der Waals surface area contributed by atoms with Gasteiger partial charge in [-0.3, -0.25) is 0 Å².